The number of anilines is 1. The van der Waals surface area contributed by atoms with Crippen LogP contribution in [0.2, 0.25) is 0 Å². The smallest absolute Gasteiger partial charge is 0.338 e. The third-order valence-electron chi connectivity index (χ3n) is 3.14. The number of benzene rings is 2. The lowest BCUT2D eigenvalue weighted by atomic mass is 10.1. The number of carbonyl (C=O) groups is 1. The molecule has 2 N–H and O–H groups in total. The fourth-order valence-electron chi connectivity index (χ4n) is 2.28. The molecule has 0 radical (unpaired) electrons. The van der Waals surface area contributed by atoms with Crippen LogP contribution >= 0.6 is 0 Å². The van der Waals surface area contributed by atoms with Crippen molar-refractivity contribution in [3.8, 4) is 0 Å². The highest BCUT2D eigenvalue weighted by Crippen LogP contribution is 2.25. The quantitative estimate of drug-likeness (QED) is 0.895. The minimum absolute atomic E-state index is 0.105. The first-order valence-corrected chi connectivity index (χ1v) is 7.92. The van der Waals surface area contributed by atoms with Crippen LogP contribution in [-0.2, 0) is 10.0 Å². The number of rotatable bonds is 4. The fourth-order valence-corrected chi connectivity index (χ4v) is 3.79. The predicted octanol–water partition coefficient (Wildman–Crippen LogP) is 3.08. The Morgan fingerprint density at radius 3 is 2.17 bits per heavy atom. The lowest BCUT2D eigenvalue weighted by molar-refractivity contribution is 0.0692. The van der Waals surface area contributed by atoms with Crippen molar-refractivity contribution in [3.63, 3.8) is 0 Å². The molecule has 0 aliphatic carbocycles. The van der Waals surface area contributed by atoms with Crippen LogP contribution < -0.4 is 4.72 Å². The molecule has 2 rings (SSSR count). The second kappa shape index (κ2) is 5.96. The molecule has 0 aliphatic rings. The van der Waals surface area contributed by atoms with Crippen molar-refractivity contribution in [2.75, 3.05) is 4.72 Å². The highest BCUT2D eigenvalue weighted by Gasteiger charge is 2.21. The van der Waals surface area contributed by atoms with Crippen LogP contribution in [-0.4, -0.2) is 19.5 Å². The second-order valence-corrected chi connectivity index (χ2v) is 6.59. The molecule has 0 aromatic heterocycles. The standard InChI is InChI=1S/C15H13F2NO4S/c1-8-5-10(16)6-9(2)14(8)23(21,22)18-11-3-4-13(17)12(7-11)15(19)20/h3-7,18H,1-2H3,(H,19,20). The molecule has 0 fully saturated rings. The number of hydrogen-bond acceptors (Lipinski definition) is 3. The summed E-state index contributed by atoms with van der Waals surface area (Å²) in [6.45, 7) is 2.88. The van der Waals surface area contributed by atoms with Gasteiger partial charge in [-0.2, -0.15) is 0 Å². The van der Waals surface area contributed by atoms with E-state index in [4.69, 9.17) is 5.11 Å². The van der Waals surface area contributed by atoms with E-state index in [0.717, 1.165) is 30.3 Å². The van der Waals surface area contributed by atoms with E-state index >= 15 is 0 Å². The summed E-state index contributed by atoms with van der Waals surface area (Å²) in [6.07, 6.45) is 0. The number of sulfonamides is 1. The average molecular weight is 341 g/mol. The average Bonchev–Trinajstić information content (AvgIpc) is 2.38. The van der Waals surface area contributed by atoms with E-state index in [9.17, 15) is 22.0 Å². The minimum atomic E-state index is -4.08. The van der Waals surface area contributed by atoms with Gasteiger partial charge in [0.1, 0.15) is 11.6 Å². The number of aryl methyl sites for hydroxylation is 2. The van der Waals surface area contributed by atoms with Gasteiger partial charge in [0.25, 0.3) is 10.0 Å². The summed E-state index contributed by atoms with van der Waals surface area (Å²) in [5.74, 6) is -3.05. The Hall–Kier alpha value is -2.48. The Morgan fingerprint density at radius 2 is 1.65 bits per heavy atom. The van der Waals surface area contributed by atoms with E-state index in [-0.39, 0.29) is 21.7 Å². The maximum absolute atomic E-state index is 13.3. The maximum atomic E-state index is 13.3. The molecule has 0 aliphatic heterocycles. The Morgan fingerprint density at radius 1 is 1.09 bits per heavy atom. The van der Waals surface area contributed by atoms with Crippen molar-refractivity contribution in [2.24, 2.45) is 0 Å². The van der Waals surface area contributed by atoms with Gasteiger partial charge in [-0.1, -0.05) is 0 Å². The first-order chi connectivity index (χ1) is 10.6. The topological polar surface area (TPSA) is 83.5 Å². The zero-order valence-corrected chi connectivity index (χ0v) is 13.0. The van der Waals surface area contributed by atoms with Gasteiger partial charge in [-0.15, -0.1) is 0 Å². The van der Waals surface area contributed by atoms with Gasteiger partial charge >= 0.3 is 5.97 Å². The zero-order chi connectivity index (χ0) is 17.4. The Kier molecular flexibility index (Phi) is 4.37. The van der Waals surface area contributed by atoms with Crippen LogP contribution in [0.3, 0.4) is 0 Å². The number of nitrogens with one attached hydrogen (secondary N) is 1. The molecule has 0 saturated heterocycles. The normalized spacial score (nSPS) is 11.3. The van der Waals surface area contributed by atoms with Gasteiger partial charge in [-0.05, 0) is 55.3 Å². The largest absolute Gasteiger partial charge is 0.478 e. The molecular formula is C15H13F2NO4S. The first-order valence-electron chi connectivity index (χ1n) is 6.44. The molecule has 0 amide bonds. The Labute approximate surface area is 131 Å². The molecule has 2 aromatic carbocycles. The zero-order valence-electron chi connectivity index (χ0n) is 12.2. The molecular weight excluding hydrogens is 328 g/mol. The Balaban J connectivity index is 2.48. The van der Waals surface area contributed by atoms with Gasteiger partial charge in [0.15, 0.2) is 0 Å². The molecule has 0 unspecified atom stereocenters. The van der Waals surface area contributed by atoms with Gasteiger partial charge < -0.3 is 5.11 Å². The van der Waals surface area contributed by atoms with E-state index in [2.05, 4.69) is 4.72 Å². The van der Waals surface area contributed by atoms with Gasteiger partial charge in [-0.25, -0.2) is 22.0 Å². The summed E-state index contributed by atoms with van der Waals surface area (Å²) >= 11 is 0. The molecule has 2 aromatic rings. The van der Waals surface area contributed by atoms with Crippen LogP contribution in [0.25, 0.3) is 0 Å². The Bertz CT molecular complexity index is 871. The number of halogens is 2. The van der Waals surface area contributed by atoms with Crippen molar-refractivity contribution in [2.45, 2.75) is 18.7 Å². The van der Waals surface area contributed by atoms with E-state index in [1.54, 1.807) is 0 Å². The van der Waals surface area contributed by atoms with Crippen LogP contribution in [0.4, 0.5) is 14.5 Å². The van der Waals surface area contributed by atoms with Crippen molar-refractivity contribution in [1.82, 2.24) is 0 Å². The maximum Gasteiger partial charge on any atom is 0.338 e. The van der Waals surface area contributed by atoms with Crippen LogP contribution in [0.5, 0.6) is 0 Å². The molecule has 0 spiro atoms. The first kappa shape index (κ1) is 16.9. The number of carboxylic acid groups (broad SMARTS) is 1. The molecule has 8 heteroatoms. The summed E-state index contributed by atoms with van der Waals surface area (Å²) in [4.78, 5) is 10.8. The summed E-state index contributed by atoms with van der Waals surface area (Å²) in [5.41, 5.74) is -0.351. The summed E-state index contributed by atoms with van der Waals surface area (Å²) in [5, 5.41) is 8.87. The van der Waals surface area contributed by atoms with Crippen molar-refractivity contribution < 1.29 is 27.1 Å². The molecule has 5 nitrogen and oxygen atoms in total. The van der Waals surface area contributed by atoms with Crippen LogP contribution in [0, 0.1) is 25.5 Å². The molecule has 0 atom stereocenters. The van der Waals surface area contributed by atoms with Gasteiger partial charge in [-0.3, -0.25) is 4.72 Å². The van der Waals surface area contributed by atoms with Crippen molar-refractivity contribution in [1.29, 1.82) is 0 Å². The molecule has 0 saturated carbocycles. The molecule has 0 heterocycles. The van der Waals surface area contributed by atoms with Crippen LogP contribution in [0.1, 0.15) is 21.5 Å². The lowest BCUT2D eigenvalue weighted by Gasteiger charge is -2.13. The lowest BCUT2D eigenvalue weighted by Crippen LogP contribution is -2.16. The van der Waals surface area contributed by atoms with Crippen molar-refractivity contribution >= 4 is 21.7 Å². The summed E-state index contributed by atoms with van der Waals surface area (Å²) in [7, 11) is -4.08. The van der Waals surface area contributed by atoms with Gasteiger partial charge in [0, 0.05) is 5.69 Å². The highest BCUT2D eigenvalue weighted by molar-refractivity contribution is 7.92. The highest BCUT2D eigenvalue weighted by atomic mass is 32.2. The van der Waals surface area contributed by atoms with Gasteiger partial charge in [0.2, 0.25) is 0 Å². The van der Waals surface area contributed by atoms with E-state index in [0.29, 0.717) is 0 Å². The van der Waals surface area contributed by atoms with Gasteiger partial charge in [0.05, 0.1) is 10.5 Å². The van der Waals surface area contributed by atoms with E-state index < -0.39 is 33.2 Å². The second-order valence-electron chi connectivity index (χ2n) is 4.97. The SMILES string of the molecule is Cc1cc(F)cc(C)c1S(=O)(=O)Nc1ccc(F)c(C(=O)O)c1. The van der Waals surface area contributed by atoms with Crippen LogP contribution in [0.15, 0.2) is 35.2 Å². The predicted molar refractivity (Wildman–Crippen MR) is 80.0 cm³/mol. The number of aromatic carboxylic acids is 1. The third-order valence-corrected chi connectivity index (χ3v) is 4.83. The summed E-state index contributed by atoms with van der Waals surface area (Å²) < 4.78 is 53.7. The number of hydrogen-bond donors (Lipinski definition) is 2. The van der Waals surface area contributed by atoms with Crippen molar-refractivity contribution in [3.05, 3.63) is 58.7 Å². The van der Waals surface area contributed by atoms with E-state index in [1.807, 2.05) is 0 Å². The third kappa shape index (κ3) is 3.48. The van der Waals surface area contributed by atoms with E-state index in [1.165, 1.54) is 13.8 Å². The molecule has 23 heavy (non-hydrogen) atoms. The monoisotopic (exact) mass is 341 g/mol. The molecule has 122 valence electrons. The molecule has 0 bridgehead atoms. The number of carboxylic acids is 1. The fraction of sp³-hybridized carbons (Fsp3) is 0.133. The summed E-state index contributed by atoms with van der Waals surface area (Å²) in [6, 6.07) is 4.99. The minimum Gasteiger partial charge on any atom is -0.478 e.